The third kappa shape index (κ3) is 21.8. The molecular formula is C23H54N2O10P2+2. The van der Waals surface area contributed by atoms with Crippen molar-refractivity contribution in [2.45, 2.75) is 51.9 Å². The summed E-state index contributed by atoms with van der Waals surface area (Å²) < 4.78 is 21.4. The Balaban J connectivity index is 4.76. The van der Waals surface area contributed by atoms with Crippen molar-refractivity contribution in [2.75, 3.05) is 94.0 Å². The van der Waals surface area contributed by atoms with Crippen LogP contribution in [0.5, 0.6) is 0 Å². The largest absolute Gasteiger partial charge is 0.606 e. The van der Waals surface area contributed by atoms with Crippen LogP contribution in [0, 0.1) is 5.92 Å². The molecule has 14 heteroatoms. The molecule has 37 heavy (non-hydrogen) atoms. The number of phosphoric ester groups is 2. The summed E-state index contributed by atoms with van der Waals surface area (Å²) in [6.07, 6.45) is 6.94. The van der Waals surface area contributed by atoms with E-state index in [1.165, 1.54) is 6.42 Å². The van der Waals surface area contributed by atoms with Crippen molar-refractivity contribution in [3.05, 3.63) is 0 Å². The second kappa shape index (κ2) is 19.5. The molecule has 0 radical (unpaired) electrons. The Morgan fingerprint density at radius 3 is 1.46 bits per heavy atom. The lowest BCUT2D eigenvalue weighted by Gasteiger charge is -2.30. The Morgan fingerprint density at radius 1 is 0.649 bits per heavy atom. The molecule has 0 aliphatic rings. The van der Waals surface area contributed by atoms with E-state index in [-0.39, 0.29) is 39.6 Å². The normalized spacial score (nSPS) is 16.9. The van der Waals surface area contributed by atoms with Gasteiger partial charge in [-0.05, 0) is 6.42 Å². The molecule has 2 atom stereocenters. The SMILES string of the molecule is CCCCCCCCC(CO[P+]([O-])(O)OCC[N+](C)(C)CCO)CO[P+]([O-])(O)OCC[N+](C)(C)CCO. The summed E-state index contributed by atoms with van der Waals surface area (Å²) in [6, 6.07) is 0. The molecule has 0 aromatic rings. The van der Waals surface area contributed by atoms with E-state index in [0.29, 0.717) is 41.6 Å². The highest BCUT2D eigenvalue weighted by Crippen LogP contribution is 2.50. The summed E-state index contributed by atoms with van der Waals surface area (Å²) in [5.74, 6) is -0.400. The zero-order chi connectivity index (χ0) is 28.4. The van der Waals surface area contributed by atoms with Gasteiger partial charge < -0.3 is 29.0 Å². The average molecular weight is 581 g/mol. The van der Waals surface area contributed by atoms with E-state index in [1.54, 1.807) is 0 Å². The van der Waals surface area contributed by atoms with Crippen molar-refractivity contribution in [1.29, 1.82) is 0 Å². The Kier molecular flexibility index (Phi) is 19.7. The molecule has 0 rings (SSSR count). The smallest absolute Gasteiger partial charge is 0.377 e. The maximum Gasteiger partial charge on any atom is 0.377 e. The van der Waals surface area contributed by atoms with Gasteiger partial charge in [0.2, 0.25) is 0 Å². The van der Waals surface area contributed by atoms with Gasteiger partial charge in [0.05, 0.1) is 41.4 Å². The Bertz CT molecular complexity index is 532. The lowest BCUT2D eigenvalue weighted by molar-refractivity contribution is -0.890. The Morgan fingerprint density at radius 2 is 1.05 bits per heavy atom. The monoisotopic (exact) mass is 580 g/mol. The zero-order valence-corrected chi connectivity index (χ0v) is 25.4. The molecular weight excluding hydrogens is 526 g/mol. The first-order valence-corrected chi connectivity index (χ1v) is 16.3. The second-order valence-electron chi connectivity index (χ2n) is 10.8. The number of rotatable bonds is 25. The van der Waals surface area contributed by atoms with Gasteiger partial charge >= 0.3 is 16.3 Å². The van der Waals surface area contributed by atoms with Gasteiger partial charge in [0.25, 0.3) is 0 Å². The topological polar surface area (TPSA) is 164 Å². The number of hydrogen-bond acceptors (Lipinski definition) is 10. The van der Waals surface area contributed by atoms with Crippen molar-refractivity contribution in [2.24, 2.45) is 5.92 Å². The van der Waals surface area contributed by atoms with Crippen LogP contribution in [0.2, 0.25) is 0 Å². The highest BCUT2D eigenvalue weighted by molar-refractivity contribution is 7.53. The van der Waals surface area contributed by atoms with E-state index in [1.807, 2.05) is 28.2 Å². The third-order valence-electron chi connectivity index (χ3n) is 6.23. The van der Waals surface area contributed by atoms with Crippen LogP contribution in [0.15, 0.2) is 0 Å². The molecule has 0 saturated carbocycles. The van der Waals surface area contributed by atoms with Crippen LogP contribution in [0.1, 0.15) is 51.9 Å². The summed E-state index contributed by atoms with van der Waals surface area (Å²) in [6.45, 7) is 3.56. The predicted molar refractivity (Wildman–Crippen MR) is 141 cm³/mol. The number of quaternary nitrogens is 2. The van der Waals surface area contributed by atoms with Crippen LogP contribution in [0.4, 0.5) is 0 Å². The van der Waals surface area contributed by atoms with Gasteiger partial charge in [-0.2, -0.15) is 27.9 Å². The summed E-state index contributed by atoms with van der Waals surface area (Å²) in [5, 5.41) is 18.2. The molecule has 0 bridgehead atoms. The van der Waals surface area contributed by atoms with Crippen molar-refractivity contribution in [1.82, 2.24) is 0 Å². The van der Waals surface area contributed by atoms with Crippen LogP contribution in [-0.4, -0.2) is 123 Å². The predicted octanol–water partition coefficient (Wildman–Crippen LogP) is 0.617. The molecule has 0 spiro atoms. The number of phosphoric acid groups is 2. The molecule has 4 N–H and O–H groups in total. The van der Waals surface area contributed by atoms with Crippen molar-refractivity contribution >= 4 is 16.3 Å². The fraction of sp³-hybridized carbons (Fsp3) is 1.00. The fourth-order valence-corrected chi connectivity index (χ4v) is 5.05. The number of aliphatic hydroxyl groups excluding tert-OH is 2. The first-order chi connectivity index (χ1) is 17.2. The van der Waals surface area contributed by atoms with E-state index in [9.17, 15) is 19.6 Å². The van der Waals surface area contributed by atoms with E-state index in [2.05, 4.69) is 6.92 Å². The molecule has 0 aromatic carbocycles. The first kappa shape index (κ1) is 37.4. The Hall–Kier alpha value is 0.380. The van der Waals surface area contributed by atoms with Gasteiger partial charge in [-0.15, -0.1) is 0 Å². The summed E-state index contributed by atoms with van der Waals surface area (Å²) >= 11 is 0. The quantitative estimate of drug-likeness (QED) is 0.0684. The summed E-state index contributed by atoms with van der Waals surface area (Å²) in [4.78, 5) is 44.9. The molecule has 0 amide bonds. The van der Waals surface area contributed by atoms with Crippen LogP contribution in [0.25, 0.3) is 0 Å². The van der Waals surface area contributed by atoms with E-state index in [0.717, 1.165) is 32.1 Å². The average Bonchev–Trinajstić information content (AvgIpc) is 2.76. The van der Waals surface area contributed by atoms with E-state index < -0.39 is 22.3 Å². The maximum absolute atomic E-state index is 12.4. The highest BCUT2D eigenvalue weighted by Gasteiger charge is 2.34. The lowest BCUT2D eigenvalue weighted by atomic mass is 10.0. The summed E-state index contributed by atoms with van der Waals surface area (Å²) in [5.41, 5.74) is 0. The van der Waals surface area contributed by atoms with Gasteiger partial charge in [0, 0.05) is 5.92 Å². The minimum atomic E-state index is -4.33. The van der Waals surface area contributed by atoms with Crippen molar-refractivity contribution in [3.63, 3.8) is 0 Å². The number of nitrogens with zero attached hydrogens (tertiary/aromatic N) is 2. The molecule has 2 unspecified atom stereocenters. The van der Waals surface area contributed by atoms with Gasteiger partial charge in [-0.25, -0.2) is 0 Å². The molecule has 0 aromatic heterocycles. The molecule has 0 aliphatic carbocycles. The fourth-order valence-electron chi connectivity index (χ4n) is 3.47. The van der Waals surface area contributed by atoms with Gasteiger partial charge in [0.1, 0.15) is 52.6 Å². The molecule has 0 aliphatic heterocycles. The minimum absolute atomic E-state index is 0.00160. The zero-order valence-electron chi connectivity index (χ0n) is 23.6. The maximum atomic E-state index is 12.4. The van der Waals surface area contributed by atoms with Crippen LogP contribution < -0.4 is 9.79 Å². The van der Waals surface area contributed by atoms with Crippen LogP contribution in [-0.2, 0) is 18.1 Å². The van der Waals surface area contributed by atoms with Crippen molar-refractivity contribution in [3.8, 4) is 0 Å². The van der Waals surface area contributed by atoms with Gasteiger partial charge in [0.15, 0.2) is 0 Å². The van der Waals surface area contributed by atoms with Crippen LogP contribution in [0.3, 0.4) is 0 Å². The number of aliphatic hydroxyl groups is 2. The number of unbranched alkanes of at least 4 members (excludes halogenated alkanes) is 5. The van der Waals surface area contributed by atoms with Crippen molar-refractivity contribution < 1.29 is 56.8 Å². The third-order valence-corrected chi connectivity index (χ3v) is 8.19. The van der Waals surface area contributed by atoms with E-state index in [4.69, 9.17) is 28.3 Å². The minimum Gasteiger partial charge on any atom is -0.606 e. The molecule has 12 nitrogen and oxygen atoms in total. The highest BCUT2D eigenvalue weighted by atomic mass is 31.2. The molecule has 0 fully saturated rings. The van der Waals surface area contributed by atoms with Gasteiger partial charge in [-0.3, -0.25) is 0 Å². The van der Waals surface area contributed by atoms with E-state index >= 15 is 0 Å². The van der Waals surface area contributed by atoms with Crippen LogP contribution >= 0.6 is 16.3 Å². The van der Waals surface area contributed by atoms with Gasteiger partial charge in [-0.1, -0.05) is 45.4 Å². The molecule has 0 saturated heterocycles. The number of likely N-dealkylation sites (N-methyl/N-ethyl adjacent to an activating group) is 2. The standard InChI is InChI=1S/C23H52N2O10P2/c1-6-7-8-9-10-11-12-23(21-34-36(28,29)32-19-15-24(2,3)13-17-26)22-35-37(30,31)33-20-16-25(4,5)14-18-27/h23,26-27H,6-22H2,1-5H3/p+2. The molecule has 0 heterocycles. The second-order valence-corrected chi connectivity index (χ2v) is 13.7. The lowest BCUT2D eigenvalue weighted by Crippen LogP contribution is -2.44. The molecule has 224 valence electrons. The summed E-state index contributed by atoms with van der Waals surface area (Å²) in [7, 11) is -1.16. The first-order valence-electron chi connectivity index (χ1n) is 13.3. The number of hydrogen-bond donors (Lipinski definition) is 4. The Labute approximate surface area is 225 Å².